The number of likely N-dealkylation sites (tertiary alicyclic amines) is 1. The van der Waals surface area contributed by atoms with Crippen LogP contribution in [-0.4, -0.2) is 50.8 Å². The molecule has 0 bridgehead atoms. The van der Waals surface area contributed by atoms with Crippen LogP contribution >= 0.6 is 0 Å². The molecule has 14 heavy (non-hydrogen) atoms. The smallest absolute Gasteiger partial charge is 0.0618 e. The number of nitrogens with zero attached hydrogens (tertiary/aromatic N) is 1. The maximum Gasteiger partial charge on any atom is 0.0618 e. The Hall–Kier alpha value is -0.120. The second-order valence-corrected chi connectivity index (χ2v) is 4.17. The van der Waals surface area contributed by atoms with Crippen LogP contribution < -0.4 is 5.32 Å². The molecule has 0 amide bonds. The number of hydrogen-bond acceptors (Lipinski definition) is 3. The van der Waals surface area contributed by atoms with Gasteiger partial charge in [-0.3, -0.25) is 4.90 Å². The maximum atomic E-state index is 5.28. The minimum atomic E-state index is 0.628. The summed E-state index contributed by atoms with van der Waals surface area (Å²) in [5.74, 6) is 0. The van der Waals surface area contributed by atoms with Gasteiger partial charge in [-0.05, 0) is 19.9 Å². The topological polar surface area (TPSA) is 24.5 Å². The van der Waals surface area contributed by atoms with E-state index >= 15 is 0 Å². The largest absolute Gasteiger partial charge is 0.383 e. The van der Waals surface area contributed by atoms with Gasteiger partial charge < -0.3 is 10.1 Å². The first kappa shape index (κ1) is 12.0. The van der Waals surface area contributed by atoms with Crippen molar-refractivity contribution >= 4 is 0 Å². The first-order valence-corrected chi connectivity index (χ1v) is 5.72. The summed E-state index contributed by atoms with van der Waals surface area (Å²) in [6, 6.07) is 1.31. The third-order valence-corrected chi connectivity index (χ3v) is 3.13. The van der Waals surface area contributed by atoms with E-state index in [1.165, 1.54) is 32.4 Å². The molecule has 0 aromatic carbocycles. The van der Waals surface area contributed by atoms with Crippen LogP contribution in [0, 0.1) is 0 Å². The summed E-state index contributed by atoms with van der Waals surface area (Å²) in [4.78, 5) is 2.56. The third kappa shape index (κ3) is 3.23. The van der Waals surface area contributed by atoms with Gasteiger partial charge in [0.15, 0.2) is 0 Å². The predicted molar refractivity (Wildman–Crippen MR) is 59.6 cm³/mol. The second kappa shape index (κ2) is 6.38. The Bertz CT molecular complexity index is 146. The van der Waals surface area contributed by atoms with Gasteiger partial charge in [-0.2, -0.15) is 0 Å². The van der Waals surface area contributed by atoms with E-state index in [1.54, 1.807) is 7.11 Å². The minimum absolute atomic E-state index is 0.628. The molecule has 0 spiro atoms. The van der Waals surface area contributed by atoms with Crippen LogP contribution in [0.4, 0.5) is 0 Å². The lowest BCUT2D eigenvalue weighted by Crippen LogP contribution is -2.39. The molecule has 2 unspecified atom stereocenters. The van der Waals surface area contributed by atoms with E-state index in [1.807, 2.05) is 0 Å². The number of rotatable bonds is 6. The lowest BCUT2D eigenvalue weighted by Gasteiger charge is -2.26. The van der Waals surface area contributed by atoms with Gasteiger partial charge in [0, 0.05) is 32.3 Å². The van der Waals surface area contributed by atoms with Crippen molar-refractivity contribution in [2.45, 2.75) is 38.3 Å². The Balaban J connectivity index is 2.36. The molecule has 0 aliphatic carbocycles. The lowest BCUT2D eigenvalue weighted by atomic mass is 10.1. The van der Waals surface area contributed by atoms with Crippen molar-refractivity contribution in [3.8, 4) is 0 Å². The van der Waals surface area contributed by atoms with Crippen LogP contribution in [0.15, 0.2) is 0 Å². The van der Waals surface area contributed by atoms with E-state index in [9.17, 15) is 0 Å². The lowest BCUT2D eigenvalue weighted by molar-refractivity contribution is 0.0983. The Kier molecular flexibility index (Phi) is 5.45. The molecular weight excluding hydrogens is 176 g/mol. The predicted octanol–water partition coefficient (Wildman–Crippen LogP) is 1.10. The van der Waals surface area contributed by atoms with Crippen LogP contribution in [0.25, 0.3) is 0 Å². The summed E-state index contributed by atoms with van der Waals surface area (Å²) >= 11 is 0. The Morgan fingerprint density at radius 1 is 1.57 bits per heavy atom. The van der Waals surface area contributed by atoms with E-state index < -0.39 is 0 Å². The highest BCUT2D eigenvalue weighted by molar-refractivity contribution is 4.84. The van der Waals surface area contributed by atoms with E-state index in [-0.39, 0.29) is 0 Å². The van der Waals surface area contributed by atoms with Crippen LogP contribution in [0.2, 0.25) is 0 Å². The van der Waals surface area contributed by atoms with Crippen molar-refractivity contribution in [3.05, 3.63) is 0 Å². The Morgan fingerprint density at radius 2 is 2.36 bits per heavy atom. The molecular formula is C11H24N2O. The summed E-state index contributed by atoms with van der Waals surface area (Å²) in [6.45, 7) is 5.53. The Morgan fingerprint density at radius 3 is 2.86 bits per heavy atom. The SMILES string of the molecule is CCCC(COC)N1CCC(NC)C1. The van der Waals surface area contributed by atoms with Gasteiger partial charge >= 0.3 is 0 Å². The number of likely N-dealkylation sites (N-methyl/N-ethyl adjacent to an activating group) is 1. The van der Waals surface area contributed by atoms with Gasteiger partial charge in [0.2, 0.25) is 0 Å². The van der Waals surface area contributed by atoms with Crippen molar-refractivity contribution in [2.24, 2.45) is 0 Å². The number of methoxy groups -OCH3 is 1. The number of hydrogen-bond donors (Lipinski definition) is 1. The molecule has 1 fully saturated rings. The van der Waals surface area contributed by atoms with Crippen LogP contribution in [0.3, 0.4) is 0 Å². The van der Waals surface area contributed by atoms with Gasteiger partial charge in [0.1, 0.15) is 0 Å². The molecule has 2 atom stereocenters. The number of ether oxygens (including phenoxy) is 1. The van der Waals surface area contributed by atoms with Crippen molar-refractivity contribution in [1.29, 1.82) is 0 Å². The van der Waals surface area contributed by atoms with Crippen LogP contribution in [0.5, 0.6) is 0 Å². The van der Waals surface area contributed by atoms with Crippen LogP contribution in [-0.2, 0) is 4.74 Å². The van der Waals surface area contributed by atoms with E-state index in [2.05, 4.69) is 24.2 Å². The molecule has 1 saturated heterocycles. The average molecular weight is 200 g/mol. The summed E-state index contributed by atoms with van der Waals surface area (Å²) < 4.78 is 5.28. The van der Waals surface area contributed by atoms with E-state index in [4.69, 9.17) is 4.74 Å². The van der Waals surface area contributed by atoms with Gasteiger partial charge in [-0.1, -0.05) is 13.3 Å². The normalized spacial score (nSPS) is 25.5. The quantitative estimate of drug-likeness (QED) is 0.695. The molecule has 1 aliphatic rings. The molecule has 0 saturated carbocycles. The summed E-state index contributed by atoms with van der Waals surface area (Å²) in [5, 5.41) is 3.35. The van der Waals surface area contributed by atoms with Gasteiger partial charge in [0.05, 0.1) is 6.61 Å². The van der Waals surface area contributed by atoms with Crippen molar-refractivity contribution in [1.82, 2.24) is 10.2 Å². The standard InChI is InChI=1S/C11H24N2O/c1-4-5-11(9-14-3)13-7-6-10(8-13)12-2/h10-12H,4-9H2,1-3H3. The molecule has 0 aromatic heterocycles. The molecule has 0 aromatic rings. The van der Waals surface area contributed by atoms with E-state index in [0.717, 1.165) is 6.61 Å². The molecule has 1 aliphatic heterocycles. The molecule has 1 rings (SSSR count). The van der Waals surface area contributed by atoms with E-state index in [0.29, 0.717) is 12.1 Å². The van der Waals surface area contributed by atoms with Crippen molar-refractivity contribution in [3.63, 3.8) is 0 Å². The Labute approximate surface area is 87.8 Å². The molecule has 3 heteroatoms. The highest BCUT2D eigenvalue weighted by Crippen LogP contribution is 2.16. The molecule has 0 radical (unpaired) electrons. The monoisotopic (exact) mass is 200 g/mol. The fraction of sp³-hybridized carbons (Fsp3) is 1.00. The molecule has 1 heterocycles. The first-order chi connectivity index (χ1) is 6.81. The zero-order valence-corrected chi connectivity index (χ0v) is 9.75. The zero-order chi connectivity index (χ0) is 10.4. The highest BCUT2D eigenvalue weighted by atomic mass is 16.5. The fourth-order valence-corrected chi connectivity index (χ4v) is 2.25. The fourth-order valence-electron chi connectivity index (χ4n) is 2.25. The summed E-state index contributed by atoms with van der Waals surface area (Å²) in [6.07, 6.45) is 3.78. The zero-order valence-electron chi connectivity index (χ0n) is 9.75. The summed E-state index contributed by atoms with van der Waals surface area (Å²) in [5.41, 5.74) is 0. The van der Waals surface area contributed by atoms with Gasteiger partial charge in [-0.25, -0.2) is 0 Å². The van der Waals surface area contributed by atoms with Gasteiger partial charge in [-0.15, -0.1) is 0 Å². The highest BCUT2D eigenvalue weighted by Gasteiger charge is 2.26. The maximum absolute atomic E-state index is 5.28. The summed E-state index contributed by atoms with van der Waals surface area (Å²) in [7, 11) is 3.85. The third-order valence-electron chi connectivity index (χ3n) is 3.13. The number of nitrogens with one attached hydrogen (secondary N) is 1. The molecule has 1 N–H and O–H groups in total. The first-order valence-electron chi connectivity index (χ1n) is 5.72. The van der Waals surface area contributed by atoms with Crippen LogP contribution in [0.1, 0.15) is 26.2 Å². The molecule has 3 nitrogen and oxygen atoms in total. The second-order valence-electron chi connectivity index (χ2n) is 4.17. The average Bonchev–Trinajstić information content (AvgIpc) is 2.65. The van der Waals surface area contributed by atoms with Crippen molar-refractivity contribution in [2.75, 3.05) is 33.9 Å². The van der Waals surface area contributed by atoms with Crippen molar-refractivity contribution < 1.29 is 4.74 Å². The molecule has 84 valence electrons. The minimum Gasteiger partial charge on any atom is -0.383 e. The van der Waals surface area contributed by atoms with Gasteiger partial charge in [0.25, 0.3) is 0 Å².